The molecule has 0 aliphatic carbocycles. The maximum atomic E-state index is 12.7. The molecule has 0 radical (unpaired) electrons. The van der Waals surface area contributed by atoms with Gasteiger partial charge in [-0.25, -0.2) is 4.39 Å². The zero-order valence-corrected chi connectivity index (χ0v) is 6.09. The van der Waals surface area contributed by atoms with Gasteiger partial charge in [-0.3, -0.25) is 0 Å². The van der Waals surface area contributed by atoms with Gasteiger partial charge in [0, 0.05) is 4.91 Å². The second-order valence-corrected chi connectivity index (χ2v) is 2.46. The summed E-state index contributed by atoms with van der Waals surface area (Å²) in [6, 6.07) is 0. The number of ether oxygens (including phenoxy) is 1. The van der Waals surface area contributed by atoms with E-state index in [4.69, 9.17) is 15.7 Å². The van der Waals surface area contributed by atoms with Crippen molar-refractivity contribution >= 4 is 0 Å². The molecule has 0 aromatic rings. The summed E-state index contributed by atoms with van der Waals surface area (Å²) in [5.41, 5.74) is 6.22. The molecule has 1 fully saturated rings. The van der Waals surface area contributed by atoms with Crippen molar-refractivity contribution in [3.05, 3.63) is 10.4 Å². The zero-order valence-electron chi connectivity index (χ0n) is 6.09. The minimum Gasteiger partial charge on any atom is -0.393 e. The molecule has 0 bridgehead atoms. The van der Waals surface area contributed by atoms with E-state index in [1.165, 1.54) is 0 Å². The molecule has 0 aromatic carbocycles. The third-order valence-electron chi connectivity index (χ3n) is 1.74. The first kappa shape index (κ1) is 9.21. The normalized spacial score (nSPS) is 40.9. The van der Waals surface area contributed by atoms with Gasteiger partial charge in [-0.1, -0.05) is 5.11 Å². The minimum absolute atomic E-state index is 0.374. The SMILES string of the molecule is [N-]=[N+]=N[C@]1(CO)OC[C@@H](F)[C@@H]1O. The van der Waals surface area contributed by atoms with Crippen LogP contribution in [0.1, 0.15) is 0 Å². The first-order valence-electron chi connectivity index (χ1n) is 3.29. The van der Waals surface area contributed by atoms with E-state index in [9.17, 15) is 4.39 Å². The van der Waals surface area contributed by atoms with E-state index in [1.807, 2.05) is 0 Å². The van der Waals surface area contributed by atoms with Crippen LogP contribution in [0.25, 0.3) is 10.4 Å². The molecule has 12 heavy (non-hydrogen) atoms. The smallest absolute Gasteiger partial charge is 0.198 e. The lowest BCUT2D eigenvalue weighted by molar-refractivity contribution is -0.0874. The first-order valence-corrected chi connectivity index (χ1v) is 3.29. The predicted octanol–water partition coefficient (Wildman–Crippen LogP) is -0.285. The topological polar surface area (TPSA) is 98.5 Å². The van der Waals surface area contributed by atoms with E-state index in [2.05, 4.69) is 14.8 Å². The van der Waals surface area contributed by atoms with Crippen LogP contribution in [0.15, 0.2) is 5.11 Å². The number of hydrogen-bond donors (Lipinski definition) is 2. The maximum Gasteiger partial charge on any atom is 0.198 e. The van der Waals surface area contributed by atoms with E-state index in [-0.39, 0.29) is 6.61 Å². The molecule has 1 heterocycles. The molecule has 0 amide bonds. The Balaban J connectivity index is 2.87. The van der Waals surface area contributed by atoms with Gasteiger partial charge in [-0.15, -0.1) is 0 Å². The largest absolute Gasteiger partial charge is 0.393 e. The Morgan fingerprint density at radius 2 is 2.50 bits per heavy atom. The monoisotopic (exact) mass is 177 g/mol. The third-order valence-corrected chi connectivity index (χ3v) is 1.74. The molecule has 2 N–H and O–H groups in total. The Morgan fingerprint density at radius 1 is 1.83 bits per heavy atom. The molecule has 6 nitrogen and oxygen atoms in total. The molecular formula is C5H8FN3O3. The number of nitrogens with zero attached hydrogens (tertiary/aromatic N) is 3. The fourth-order valence-electron chi connectivity index (χ4n) is 1.02. The average molecular weight is 177 g/mol. The fraction of sp³-hybridized carbons (Fsp3) is 1.00. The van der Waals surface area contributed by atoms with Crippen LogP contribution >= 0.6 is 0 Å². The molecule has 1 saturated heterocycles. The second-order valence-electron chi connectivity index (χ2n) is 2.46. The number of halogens is 1. The van der Waals surface area contributed by atoms with Crippen molar-refractivity contribution in [2.75, 3.05) is 13.2 Å². The summed E-state index contributed by atoms with van der Waals surface area (Å²) in [6.07, 6.45) is -3.22. The highest BCUT2D eigenvalue weighted by molar-refractivity contribution is 4.95. The van der Waals surface area contributed by atoms with E-state index in [1.54, 1.807) is 0 Å². The Kier molecular flexibility index (Phi) is 2.49. The van der Waals surface area contributed by atoms with Crippen LogP contribution in [0.3, 0.4) is 0 Å². The number of aliphatic hydroxyl groups is 2. The summed E-state index contributed by atoms with van der Waals surface area (Å²) in [5.74, 6) is 0. The molecule has 0 spiro atoms. The summed E-state index contributed by atoms with van der Waals surface area (Å²) in [4.78, 5) is 2.36. The van der Waals surface area contributed by atoms with Crippen LogP contribution in [0.5, 0.6) is 0 Å². The molecule has 1 aliphatic heterocycles. The maximum absolute atomic E-state index is 12.7. The molecule has 0 saturated carbocycles. The van der Waals surface area contributed by atoms with Crippen LogP contribution in [-0.4, -0.2) is 41.4 Å². The van der Waals surface area contributed by atoms with Crippen LogP contribution < -0.4 is 0 Å². The van der Waals surface area contributed by atoms with Gasteiger partial charge in [0.2, 0.25) is 0 Å². The van der Waals surface area contributed by atoms with Crippen molar-refractivity contribution in [3.8, 4) is 0 Å². The molecule has 0 aromatic heterocycles. The molecular weight excluding hydrogens is 169 g/mol. The van der Waals surface area contributed by atoms with Crippen LogP contribution in [0.4, 0.5) is 4.39 Å². The van der Waals surface area contributed by atoms with Gasteiger partial charge in [0.25, 0.3) is 0 Å². The van der Waals surface area contributed by atoms with Gasteiger partial charge >= 0.3 is 0 Å². The predicted molar refractivity (Wildman–Crippen MR) is 35.8 cm³/mol. The van der Waals surface area contributed by atoms with Crippen LogP contribution in [0.2, 0.25) is 0 Å². The van der Waals surface area contributed by atoms with Crippen LogP contribution in [-0.2, 0) is 4.74 Å². The zero-order chi connectivity index (χ0) is 9.19. The molecule has 0 unspecified atom stereocenters. The Morgan fingerprint density at radius 3 is 2.83 bits per heavy atom. The number of alkyl halides is 1. The summed E-state index contributed by atoms with van der Waals surface area (Å²) in [6.45, 7) is -1.11. The lowest BCUT2D eigenvalue weighted by Gasteiger charge is -2.22. The highest BCUT2D eigenvalue weighted by Crippen LogP contribution is 2.29. The quantitative estimate of drug-likeness (QED) is 0.344. The van der Waals surface area contributed by atoms with Crippen molar-refractivity contribution in [2.45, 2.75) is 18.0 Å². The summed E-state index contributed by atoms with van der Waals surface area (Å²) in [7, 11) is 0. The number of rotatable bonds is 2. The van der Waals surface area contributed by atoms with Gasteiger partial charge in [0.15, 0.2) is 11.9 Å². The van der Waals surface area contributed by atoms with Gasteiger partial charge in [-0.2, -0.15) is 0 Å². The van der Waals surface area contributed by atoms with Crippen molar-refractivity contribution in [2.24, 2.45) is 5.11 Å². The van der Waals surface area contributed by atoms with Crippen molar-refractivity contribution in [1.29, 1.82) is 0 Å². The lowest BCUT2D eigenvalue weighted by atomic mass is 10.1. The molecule has 7 heteroatoms. The number of aliphatic hydroxyl groups excluding tert-OH is 2. The molecule has 68 valence electrons. The van der Waals surface area contributed by atoms with Gasteiger partial charge < -0.3 is 14.9 Å². The van der Waals surface area contributed by atoms with Gasteiger partial charge in [0.05, 0.1) is 13.2 Å². The average Bonchev–Trinajstić information content (AvgIpc) is 2.35. The highest BCUT2D eigenvalue weighted by Gasteiger charge is 2.49. The summed E-state index contributed by atoms with van der Waals surface area (Å²) >= 11 is 0. The number of azide groups is 1. The van der Waals surface area contributed by atoms with Crippen LogP contribution in [0, 0.1) is 0 Å². The second kappa shape index (κ2) is 3.24. The highest BCUT2D eigenvalue weighted by atomic mass is 19.1. The molecule has 1 aliphatic rings. The Labute approximate surface area is 67.2 Å². The van der Waals surface area contributed by atoms with E-state index in [0.29, 0.717) is 0 Å². The van der Waals surface area contributed by atoms with Crippen molar-refractivity contribution < 1.29 is 19.3 Å². The molecule has 3 atom stereocenters. The summed E-state index contributed by atoms with van der Waals surface area (Å²) in [5, 5.41) is 20.9. The minimum atomic E-state index is -1.84. The standard InChI is InChI=1S/C5H8FN3O3/c6-3-1-12-5(2-10,4(3)11)8-9-7/h3-4,10-11H,1-2H2/t3-,4+,5-/m1/s1. The fourth-order valence-corrected chi connectivity index (χ4v) is 1.02. The van der Waals surface area contributed by atoms with E-state index >= 15 is 0 Å². The third kappa shape index (κ3) is 1.23. The molecule has 1 rings (SSSR count). The Bertz CT molecular complexity index is 220. The van der Waals surface area contributed by atoms with Gasteiger partial charge in [-0.05, 0) is 5.53 Å². The first-order chi connectivity index (χ1) is 5.66. The lowest BCUT2D eigenvalue weighted by Crippen LogP contribution is -2.43. The van der Waals surface area contributed by atoms with E-state index < -0.39 is 24.6 Å². The van der Waals surface area contributed by atoms with E-state index in [0.717, 1.165) is 0 Å². The summed E-state index contributed by atoms with van der Waals surface area (Å²) < 4.78 is 17.3. The van der Waals surface area contributed by atoms with Crippen molar-refractivity contribution in [1.82, 2.24) is 0 Å². The van der Waals surface area contributed by atoms with Crippen molar-refractivity contribution in [3.63, 3.8) is 0 Å². The number of hydrogen-bond acceptors (Lipinski definition) is 4. The van der Waals surface area contributed by atoms with Gasteiger partial charge in [0.1, 0.15) is 6.10 Å². The Hall–Kier alpha value is -0.880.